The second-order valence-corrected chi connectivity index (χ2v) is 4.21. The first-order valence-electron chi connectivity index (χ1n) is 5.05. The smallest absolute Gasteiger partial charge is 0.329 e. The predicted octanol–water partition coefficient (Wildman–Crippen LogP) is 1.29. The first-order chi connectivity index (χ1) is 6.73. The van der Waals surface area contributed by atoms with E-state index in [2.05, 4.69) is 5.32 Å². The Balaban J connectivity index is 4.76. The van der Waals surface area contributed by atoms with Gasteiger partial charge in [-0.1, -0.05) is 0 Å². The second kappa shape index (κ2) is 5.00. The van der Waals surface area contributed by atoms with Gasteiger partial charge < -0.3 is 15.3 Å². The zero-order chi connectivity index (χ0) is 12.2. The van der Waals surface area contributed by atoms with E-state index in [4.69, 9.17) is 5.11 Å². The van der Waals surface area contributed by atoms with Crippen LogP contribution in [0.2, 0.25) is 0 Å². The Kier molecular flexibility index (Phi) is 4.58. The summed E-state index contributed by atoms with van der Waals surface area (Å²) in [6.07, 6.45) is 0. The zero-order valence-electron chi connectivity index (χ0n) is 10.00. The van der Waals surface area contributed by atoms with Crippen LogP contribution in [0, 0.1) is 0 Å². The van der Waals surface area contributed by atoms with E-state index in [9.17, 15) is 9.59 Å². The van der Waals surface area contributed by atoms with Gasteiger partial charge in [0.05, 0.1) is 0 Å². The molecule has 0 spiro atoms. The molecule has 0 atom stereocenters. The lowest BCUT2D eigenvalue weighted by atomic mass is 10.0. The Morgan fingerprint density at radius 2 is 1.87 bits per heavy atom. The van der Waals surface area contributed by atoms with Crippen LogP contribution < -0.4 is 5.32 Å². The van der Waals surface area contributed by atoms with Crippen LogP contribution >= 0.6 is 0 Å². The van der Waals surface area contributed by atoms with E-state index in [1.807, 2.05) is 13.8 Å². The van der Waals surface area contributed by atoms with Crippen molar-refractivity contribution in [3.8, 4) is 0 Å². The molecular formula is C10H20N2O3. The number of rotatable bonds is 4. The van der Waals surface area contributed by atoms with Crippen molar-refractivity contribution in [2.24, 2.45) is 0 Å². The highest BCUT2D eigenvalue weighted by atomic mass is 16.4. The normalized spacial score (nSPS) is 11.3. The van der Waals surface area contributed by atoms with Gasteiger partial charge in [0.2, 0.25) is 0 Å². The third-order valence-electron chi connectivity index (χ3n) is 2.17. The SMILES string of the molecule is CCN(C(=O)NC(C)C)C(C)(C)C(=O)O. The number of hydrogen-bond acceptors (Lipinski definition) is 2. The van der Waals surface area contributed by atoms with Gasteiger partial charge in [0.1, 0.15) is 5.54 Å². The van der Waals surface area contributed by atoms with E-state index >= 15 is 0 Å². The van der Waals surface area contributed by atoms with Crippen LogP contribution in [-0.2, 0) is 4.79 Å². The number of carboxylic acid groups (broad SMARTS) is 1. The summed E-state index contributed by atoms with van der Waals surface area (Å²) in [6, 6.07) is -0.351. The molecule has 2 amide bonds. The molecule has 0 aliphatic rings. The van der Waals surface area contributed by atoms with Crippen molar-refractivity contribution in [1.29, 1.82) is 0 Å². The molecule has 0 saturated carbocycles. The molecule has 0 aromatic heterocycles. The van der Waals surface area contributed by atoms with E-state index in [0.29, 0.717) is 6.54 Å². The van der Waals surface area contributed by atoms with Crippen molar-refractivity contribution >= 4 is 12.0 Å². The highest BCUT2D eigenvalue weighted by molar-refractivity contribution is 5.85. The van der Waals surface area contributed by atoms with Crippen LogP contribution in [0.3, 0.4) is 0 Å². The molecular weight excluding hydrogens is 196 g/mol. The fraction of sp³-hybridized carbons (Fsp3) is 0.800. The molecule has 0 aromatic rings. The molecule has 0 bridgehead atoms. The standard InChI is InChI=1S/C10H20N2O3/c1-6-12(9(15)11-7(2)3)10(4,5)8(13)14/h7H,6H2,1-5H3,(H,11,15)(H,13,14). The minimum Gasteiger partial charge on any atom is -0.480 e. The van der Waals surface area contributed by atoms with Crippen molar-refractivity contribution in [3.05, 3.63) is 0 Å². The van der Waals surface area contributed by atoms with E-state index in [0.717, 1.165) is 0 Å². The average molecular weight is 216 g/mol. The van der Waals surface area contributed by atoms with Gasteiger partial charge in [-0.25, -0.2) is 9.59 Å². The molecule has 0 aliphatic carbocycles. The summed E-state index contributed by atoms with van der Waals surface area (Å²) in [5, 5.41) is 11.7. The first-order valence-corrected chi connectivity index (χ1v) is 5.05. The summed E-state index contributed by atoms with van der Waals surface area (Å²) in [4.78, 5) is 24.0. The highest BCUT2D eigenvalue weighted by Gasteiger charge is 2.36. The van der Waals surface area contributed by atoms with Crippen molar-refractivity contribution in [2.75, 3.05) is 6.54 Å². The monoisotopic (exact) mass is 216 g/mol. The Morgan fingerprint density at radius 3 is 2.13 bits per heavy atom. The van der Waals surface area contributed by atoms with Crippen molar-refractivity contribution in [2.45, 2.75) is 46.2 Å². The number of hydrogen-bond donors (Lipinski definition) is 2. The highest BCUT2D eigenvalue weighted by Crippen LogP contribution is 2.14. The summed E-state index contributed by atoms with van der Waals surface area (Å²) in [5.74, 6) is -1.01. The molecule has 0 fully saturated rings. The maximum absolute atomic E-state index is 11.7. The fourth-order valence-corrected chi connectivity index (χ4v) is 1.23. The number of nitrogens with zero attached hydrogens (tertiary/aromatic N) is 1. The molecule has 88 valence electrons. The number of carbonyl (C=O) groups is 2. The van der Waals surface area contributed by atoms with Crippen LogP contribution in [0.25, 0.3) is 0 Å². The Hall–Kier alpha value is -1.26. The summed E-state index contributed by atoms with van der Waals surface area (Å²) in [7, 11) is 0. The average Bonchev–Trinajstić information content (AvgIpc) is 2.02. The molecule has 5 heteroatoms. The zero-order valence-corrected chi connectivity index (χ0v) is 10.00. The lowest BCUT2D eigenvalue weighted by molar-refractivity contribution is -0.147. The van der Waals surface area contributed by atoms with Crippen LogP contribution in [0.4, 0.5) is 4.79 Å². The fourth-order valence-electron chi connectivity index (χ4n) is 1.23. The number of aliphatic carboxylic acids is 1. The number of carboxylic acids is 1. The van der Waals surface area contributed by atoms with E-state index < -0.39 is 11.5 Å². The summed E-state index contributed by atoms with van der Waals surface area (Å²) >= 11 is 0. The van der Waals surface area contributed by atoms with E-state index in [1.165, 1.54) is 18.7 Å². The number of carbonyl (C=O) groups excluding carboxylic acids is 1. The van der Waals surface area contributed by atoms with Crippen molar-refractivity contribution in [3.63, 3.8) is 0 Å². The van der Waals surface area contributed by atoms with Gasteiger partial charge in [-0.3, -0.25) is 0 Å². The summed E-state index contributed by atoms with van der Waals surface area (Å²) in [5.41, 5.74) is -1.19. The minimum atomic E-state index is -1.19. The molecule has 0 saturated heterocycles. The van der Waals surface area contributed by atoms with Crippen LogP contribution in [0.15, 0.2) is 0 Å². The molecule has 0 aromatic carbocycles. The van der Waals surface area contributed by atoms with Gasteiger partial charge in [0, 0.05) is 12.6 Å². The molecule has 0 aliphatic heterocycles. The van der Waals surface area contributed by atoms with Crippen LogP contribution in [-0.4, -0.2) is 40.1 Å². The number of likely N-dealkylation sites (N-methyl/N-ethyl adjacent to an activating group) is 1. The number of amides is 2. The quantitative estimate of drug-likeness (QED) is 0.744. The molecule has 0 heterocycles. The van der Waals surface area contributed by atoms with Crippen molar-refractivity contribution in [1.82, 2.24) is 10.2 Å². The lowest BCUT2D eigenvalue weighted by Crippen LogP contribution is -2.56. The van der Waals surface area contributed by atoms with Gasteiger partial charge >= 0.3 is 12.0 Å². The number of urea groups is 1. The minimum absolute atomic E-state index is 0.00357. The van der Waals surface area contributed by atoms with Crippen LogP contribution in [0.1, 0.15) is 34.6 Å². The maximum atomic E-state index is 11.7. The third-order valence-corrected chi connectivity index (χ3v) is 2.17. The largest absolute Gasteiger partial charge is 0.480 e. The predicted molar refractivity (Wildman–Crippen MR) is 57.8 cm³/mol. The Bertz CT molecular complexity index is 249. The first kappa shape index (κ1) is 13.7. The number of nitrogens with one attached hydrogen (secondary N) is 1. The summed E-state index contributed by atoms with van der Waals surface area (Å²) < 4.78 is 0. The topological polar surface area (TPSA) is 69.6 Å². The van der Waals surface area contributed by atoms with Crippen molar-refractivity contribution < 1.29 is 14.7 Å². The van der Waals surface area contributed by atoms with E-state index in [1.54, 1.807) is 6.92 Å². The van der Waals surface area contributed by atoms with E-state index in [-0.39, 0.29) is 12.1 Å². The van der Waals surface area contributed by atoms with Crippen LogP contribution in [0.5, 0.6) is 0 Å². The molecule has 2 N–H and O–H groups in total. The van der Waals surface area contributed by atoms with Gasteiger partial charge in [-0.05, 0) is 34.6 Å². The molecule has 0 rings (SSSR count). The Morgan fingerprint density at radius 1 is 1.40 bits per heavy atom. The maximum Gasteiger partial charge on any atom is 0.329 e. The Labute approximate surface area is 90.5 Å². The summed E-state index contributed by atoms with van der Waals surface area (Å²) in [6.45, 7) is 8.80. The molecule has 0 unspecified atom stereocenters. The van der Waals surface area contributed by atoms with Gasteiger partial charge in [-0.15, -0.1) is 0 Å². The molecule has 15 heavy (non-hydrogen) atoms. The molecule has 5 nitrogen and oxygen atoms in total. The third kappa shape index (κ3) is 3.42. The molecule has 0 radical (unpaired) electrons. The van der Waals surface area contributed by atoms with Gasteiger partial charge in [0.25, 0.3) is 0 Å². The van der Waals surface area contributed by atoms with Gasteiger partial charge in [-0.2, -0.15) is 0 Å². The van der Waals surface area contributed by atoms with Gasteiger partial charge in [0.15, 0.2) is 0 Å². The second-order valence-electron chi connectivity index (χ2n) is 4.21. The lowest BCUT2D eigenvalue weighted by Gasteiger charge is -2.34.